The molecule has 0 bridgehead atoms. The minimum Gasteiger partial charge on any atom is -0.299 e. The van der Waals surface area contributed by atoms with Crippen molar-refractivity contribution in [2.24, 2.45) is 0 Å². The van der Waals surface area contributed by atoms with Gasteiger partial charge < -0.3 is 0 Å². The largest absolute Gasteiger partial charge is 0.299 e. The number of hydrogen-bond acceptors (Lipinski definition) is 1. The second kappa shape index (κ2) is 9.52. The van der Waals surface area contributed by atoms with Crippen molar-refractivity contribution in [3.8, 4) is 0 Å². The van der Waals surface area contributed by atoms with Gasteiger partial charge in [0.1, 0.15) is 5.78 Å². The topological polar surface area (TPSA) is 17.1 Å². The molecular formula is C19H28O. The molecule has 0 heterocycles. The van der Waals surface area contributed by atoms with Crippen molar-refractivity contribution < 1.29 is 4.79 Å². The van der Waals surface area contributed by atoms with Crippen LogP contribution in [0.1, 0.15) is 70.8 Å². The van der Waals surface area contributed by atoms with E-state index in [1.807, 2.05) is 18.2 Å². The van der Waals surface area contributed by atoms with Gasteiger partial charge in [-0.2, -0.15) is 0 Å². The first-order valence-corrected chi connectivity index (χ1v) is 7.86. The van der Waals surface area contributed by atoms with Crippen LogP contribution in [0.4, 0.5) is 0 Å². The number of carbonyl (C=O) groups is 1. The van der Waals surface area contributed by atoms with Crippen LogP contribution in [0.15, 0.2) is 42.0 Å². The molecule has 1 nitrogen and oxygen atoms in total. The van der Waals surface area contributed by atoms with Gasteiger partial charge in [-0.15, -0.1) is 0 Å². The van der Waals surface area contributed by atoms with E-state index in [4.69, 9.17) is 0 Å². The monoisotopic (exact) mass is 272 g/mol. The average Bonchev–Trinajstić information content (AvgIpc) is 2.44. The fourth-order valence-corrected chi connectivity index (χ4v) is 2.54. The zero-order chi connectivity index (χ0) is 14.8. The van der Waals surface area contributed by atoms with Crippen LogP contribution in [0.3, 0.4) is 0 Å². The second-order valence-electron chi connectivity index (χ2n) is 5.66. The van der Waals surface area contributed by atoms with Crippen molar-refractivity contribution in [2.75, 3.05) is 0 Å². The molecule has 0 aliphatic rings. The smallest absolute Gasteiger partial charge is 0.137 e. The zero-order valence-electron chi connectivity index (χ0n) is 13.2. The first-order chi connectivity index (χ1) is 9.65. The van der Waals surface area contributed by atoms with Crippen molar-refractivity contribution in [2.45, 2.75) is 65.2 Å². The van der Waals surface area contributed by atoms with Crippen LogP contribution in [0, 0.1) is 0 Å². The van der Waals surface area contributed by atoms with Crippen LogP contribution in [-0.4, -0.2) is 5.78 Å². The summed E-state index contributed by atoms with van der Waals surface area (Å²) in [4.78, 5) is 11.8. The first-order valence-electron chi connectivity index (χ1n) is 7.86. The maximum atomic E-state index is 11.8. The molecule has 0 saturated heterocycles. The summed E-state index contributed by atoms with van der Waals surface area (Å²) in [5.41, 5.74) is 2.62. The number of rotatable bonds is 9. The van der Waals surface area contributed by atoms with E-state index in [9.17, 15) is 4.79 Å². The predicted octanol–water partition coefficient (Wildman–Crippen LogP) is 5.67. The van der Waals surface area contributed by atoms with Gasteiger partial charge in [-0.1, -0.05) is 61.7 Å². The highest BCUT2D eigenvalue weighted by Gasteiger charge is 2.15. The Hall–Kier alpha value is -1.37. The maximum absolute atomic E-state index is 11.8. The summed E-state index contributed by atoms with van der Waals surface area (Å²) in [5.74, 6) is 0.323. The van der Waals surface area contributed by atoms with Gasteiger partial charge in [0, 0.05) is 5.92 Å². The third-order valence-corrected chi connectivity index (χ3v) is 3.82. The minimum absolute atomic E-state index is 0.0518. The SMILES string of the molecule is CCCCCC(C)=CCCC(C(C)=O)c1ccccc1. The van der Waals surface area contributed by atoms with Crippen LogP contribution in [0.2, 0.25) is 0 Å². The molecule has 0 N–H and O–H groups in total. The van der Waals surface area contributed by atoms with Crippen molar-refractivity contribution in [3.05, 3.63) is 47.5 Å². The summed E-state index contributed by atoms with van der Waals surface area (Å²) in [5, 5.41) is 0. The summed E-state index contributed by atoms with van der Waals surface area (Å²) in [7, 11) is 0. The fraction of sp³-hybridized carbons (Fsp3) is 0.526. The number of allylic oxidation sites excluding steroid dienone is 2. The lowest BCUT2D eigenvalue weighted by Gasteiger charge is -2.13. The lowest BCUT2D eigenvalue weighted by atomic mass is 9.90. The molecule has 110 valence electrons. The Morgan fingerprint density at radius 2 is 1.85 bits per heavy atom. The molecule has 0 saturated carbocycles. The Morgan fingerprint density at radius 1 is 1.15 bits per heavy atom. The summed E-state index contributed by atoms with van der Waals surface area (Å²) >= 11 is 0. The zero-order valence-corrected chi connectivity index (χ0v) is 13.2. The lowest BCUT2D eigenvalue weighted by Crippen LogP contribution is -2.08. The summed E-state index contributed by atoms with van der Waals surface area (Å²) in [6.07, 6.45) is 9.30. The molecule has 0 radical (unpaired) electrons. The second-order valence-corrected chi connectivity index (χ2v) is 5.66. The van der Waals surface area contributed by atoms with Crippen LogP contribution < -0.4 is 0 Å². The first kappa shape index (κ1) is 16.7. The molecule has 0 aliphatic heterocycles. The number of benzene rings is 1. The van der Waals surface area contributed by atoms with Gasteiger partial charge >= 0.3 is 0 Å². The normalized spacial score (nSPS) is 13.2. The van der Waals surface area contributed by atoms with Crippen LogP contribution in [0.25, 0.3) is 0 Å². The molecule has 0 amide bonds. The van der Waals surface area contributed by atoms with E-state index in [-0.39, 0.29) is 11.7 Å². The molecule has 0 fully saturated rings. The summed E-state index contributed by atoms with van der Waals surface area (Å²) in [6, 6.07) is 10.1. The van der Waals surface area contributed by atoms with Crippen molar-refractivity contribution in [1.82, 2.24) is 0 Å². The maximum Gasteiger partial charge on any atom is 0.137 e. The van der Waals surface area contributed by atoms with Crippen molar-refractivity contribution >= 4 is 5.78 Å². The molecule has 1 unspecified atom stereocenters. The summed E-state index contributed by atoms with van der Waals surface area (Å²) < 4.78 is 0. The highest BCUT2D eigenvalue weighted by molar-refractivity contribution is 5.83. The Kier molecular flexibility index (Phi) is 7.94. The number of hydrogen-bond donors (Lipinski definition) is 0. The Balaban J connectivity index is 2.48. The molecule has 20 heavy (non-hydrogen) atoms. The predicted molar refractivity (Wildman–Crippen MR) is 87.0 cm³/mol. The van der Waals surface area contributed by atoms with Gasteiger partial charge in [-0.05, 0) is 45.1 Å². The third-order valence-electron chi connectivity index (χ3n) is 3.82. The molecule has 1 heteroatoms. The van der Waals surface area contributed by atoms with Gasteiger partial charge in [0.15, 0.2) is 0 Å². The van der Waals surface area contributed by atoms with Crippen LogP contribution >= 0.6 is 0 Å². The molecular weight excluding hydrogens is 244 g/mol. The van der Waals surface area contributed by atoms with Gasteiger partial charge in [-0.3, -0.25) is 4.79 Å². The molecule has 0 spiro atoms. The van der Waals surface area contributed by atoms with Gasteiger partial charge in [0.05, 0.1) is 0 Å². The Labute approximate surface area is 124 Å². The van der Waals surface area contributed by atoms with Gasteiger partial charge in [-0.25, -0.2) is 0 Å². The standard InChI is InChI=1S/C19H28O/c1-4-5-7-11-16(2)12-10-15-19(17(3)20)18-13-8-6-9-14-18/h6,8-9,12-14,19H,4-5,7,10-11,15H2,1-3H3. The van der Waals surface area contributed by atoms with E-state index in [1.165, 1.54) is 31.3 Å². The minimum atomic E-state index is 0.0518. The number of ketones is 1. The molecule has 0 aromatic heterocycles. The lowest BCUT2D eigenvalue weighted by molar-refractivity contribution is -0.118. The number of Topliss-reactive ketones (excluding diaryl/α,β-unsaturated/α-hetero) is 1. The van der Waals surface area contributed by atoms with Crippen LogP contribution in [-0.2, 0) is 4.79 Å². The van der Waals surface area contributed by atoms with E-state index >= 15 is 0 Å². The number of unbranched alkanes of at least 4 members (excludes halogenated alkanes) is 2. The number of carbonyl (C=O) groups excluding carboxylic acids is 1. The van der Waals surface area contributed by atoms with Crippen molar-refractivity contribution in [1.29, 1.82) is 0 Å². The van der Waals surface area contributed by atoms with Crippen LogP contribution in [0.5, 0.6) is 0 Å². The molecule has 0 aliphatic carbocycles. The Bertz CT molecular complexity index is 417. The highest BCUT2D eigenvalue weighted by atomic mass is 16.1. The van der Waals surface area contributed by atoms with E-state index in [0.29, 0.717) is 0 Å². The molecule has 1 aromatic rings. The van der Waals surface area contributed by atoms with Crippen molar-refractivity contribution in [3.63, 3.8) is 0 Å². The third kappa shape index (κ3) is 6.18. The van der Waals surface area contributed by atoms with Gasteiger partial charge in [0.25, 0.3) is 0 Å². The fourth-order valence-electron chi connectivity index (χ4n) is 2.54. The van der Waals surface area contributed by atoms with E-state index < -0.39 is 0 Å². The molecule has 1 rings (SSSR count). The molecule has 1 atom stereocenters. The van der Waals surface area contributed by atoms with E-state index in [1.54, 1.807) is 6.92 Å². The quantitative estimate of drug-likeness (QED) is 0.418. The molecule has 1 aromatic carbocycles. The van der Waals surface area contributed by atoms with E-state index in [2.05, 4.69) is 32.1 Å². The Morgan fingerprint density at radius 3 is 2.45 bits per heavy atom. The summed E-state index contributed by atoms with van der Waals surface area (Å²) in [6.45, 7) is 6.15. The van der Waals surface area contributed by atoms with E-state index in [0.717, 1.165) is 18.4 Å². The average molecular weight is 272 g/mol. The highest BCUT2D eigenvalue weighted by Crippen LogP contribution is 2.23. The van der Waals surface area contributed by atoms with Gasteiger partial charge in [0.2, 0.25) is 0 Å².